The van der Waals surface area contributed by atoms with Crippen molar-refractivity contribution in [3.63, 3.8) is 0 Å². The Balaban J connectivity index is 2.96. The highest BCUT2D eigenvalue weighted by Gasteiger charge is 2.24. The molecule has 0 aromatic carbocycles. The molecular weight excluding hydrogens is 212 g/mol. The number of anilines is 1. The van der Waals surface area contributed by atoms with Crippen molar-refractivity contribution in [2.24, 2.45) is 5.73 Å². The van der Waals surface area contributed by atoms with Gasteiger partial charge in [-0.1, -0.05) is 0 Å². The van der Waals surface area contributed by atoms with E-state index in [9.17, 15) is 9.59 Å². The van der Waals surface area contributed by atoms with E-state index in [-0.39, 0.29) is 6.42 Å². The van der Waals surface area contributed by atoms with Gasteiger partial charge in [-0.05, 0) is 13.8 Å². The molecule has 0 aliphatic rings. The lowest BCUT2D eigenvalue weighted by Crippen LogP contribution is -2.43. The van der Waals surface area contributed by atoms with Crippen molar-refractivity contribution in [3.05, 3.63) is 11.9 Å². The molecule has 0 spiro atoms. The molecule has 1 heterocycles. The van der Waals surface area contributed by atoms with Gasteiger partial charge in [-0.15, -0.1) is 0 Å². The number of nitrogens with one attached hydrogen (secondary N) is 1. The first-order valence-electron chi connectivity index (χ1n) is 4.74. The van der Waals surface area contributed by atoms with Crippen LogP contribution in [-0.2, 0) is 4.79 Å². The largest absolute Gasteiger partial charge is 0.481 e. The zero-order valence-corrected chi connectivity index (χ0v) is 9.10. The number of carbonyl (C=O) groups excluding carboxylic acids is 1. The van der Waals surface area contributed by atoms with Gasteiger partial charge in [-0.3, -0.25) is 14.8 Å². The number of carboxylic acid groups (broad SMARTS) is 1. The Morgan fingerprint density at radius 2 is 2.31 bits per heavy atom. The van der Waals surface area contributed by atoms with Gasteiger partial charge in [-0.2, -0.15) is 5.10 Å². The van der Waals surface area contributed by atoms with Crippen LogP contribution in [0.15, 0.2) is 6.20 Å². The smallest absolute Gasteiger partial charge is 0.319 e. The van der Waals surface area contributed by atoms with E-state index in [0.29, 0.717) is 11.4 Å². The number of rotatable bonds is 4. The lowest BCUT2D eigenvalue weighted by molar-refractivity contribution is -0.137. The Kier molecular flexibility index (Phi) is 3.49. The van der Waals surface area contributed by atoms with E-state index in [2.05, 4.69) is 10.2 Å². The fourth-order valence-corrected chi connectivity index (χ4v) is 1.50. The summed E-state index contributed by atoms with van der Waals surface area (Å²) in [6.45, 7) is 3.34. The molecule has 1 rings (SSSR count). The van der Waals surface area contributed by atoms with Crippen molar-refractivity contribution in [1.82, 2.24) is 10.2 Å². The van der Waals surface area contributed by atoms with Crippen molar-refractivity contribution in [3.8, 4) is 0 Å². The van der Waals surface area contributed by atoms with Crippen molar-refractivity contribution in [2.45, 2.75) is 26.3 Å². The van der Waals surface area contributed by atoms with Crippen molar-refractivity contribution < 1.29 is 14.7 Å². The Morgan fingerprint density at radius 3 is 2.69 bits per heavy atom. The third-order valence-electron chi connectivity index (χ3n) is 2.21. The summed E-state index contributed by atoms with van der Waals surface area (Å²) in [5, 5.41) is 15.1. The van der Waals surface area contributed by atoms with Gasteiger partial charge in [0.25, 0.3) is 0 Å². The summed E-state index contributed by atoms with van der Waals surface area (Å²) in [6.07, 6.45) is 1.27. The molecule has 0 bridgehead atoms. The van der Waals surface area contributed by atoms with E-state index >= 15 is 0 Å². The molecule has 1 unspecified atom stereocenters. The first-order chi connectivity index (χ1) is 7.43. The molecule has 7 nitrogen and oxygen atoms in total. The summed E-state index contributed by atoms with van der Waals surface area (Å²) in [5.41, 5.74) is 6.39. The van der Waals surface area contributed by atoms with Crippen LogP contribution in [0.2, 0.25) is 0 Å². The summed E-state index contributed by atoms with van der Waals surface area (Å²) < 4.78 is 0. The van der Waals surface area contributed by atoms with Crippen molar-refractivity contribution in [1.29, 1.82) is 0 Å². The van der Waals surface area contributed by atoms with Crippen LogP contribution in [0.1, 0.15) is 19.0 Å². The second kappa shape index (κ2) is 4.65. The molecule has 0 aliphatic carbocycles. The molecule has 88 valence electrons. The van der Waals surface area contributed by atoms with Crippen LogP contribution < -0.4 is 10.6 Å². The van der Waals surface area contributed by atoms with Gasteiger partial charge in [0, 0.05) is 6.04 Å². The van der Waals surface area contributed by atoms with E-state index in [4.69, 9.17) is 10.8 Å². The van der Waals surface area contributed by atoms with Gasteiger partial charge in [0.2, 0.25) is 0 Å². The van der Waals surface area contributed by atoms with Gasteiger partial charge >= 0.3 is 12.0 Å². The minimum Gasteiger partial charge on any atom is -0.481 e. The lowest BCUT2D eigenvalue weighted by Gasteiger charge is -2.25. The van der Waals surface area contributed by atoms with Crippen LogP contribution in [0.5, 0.6) is 0 Å². The summed E-state index contributed by atoms with van der Waals surface area (Å²) in [6, 6.07) is -1.22. The Bertz CT molecular complexity index is 401. The molecule has 1 aromatic heterocycles. The van der Waals surface area contributed by atoms with Crippen LogP contribution in [0, 0.1) is 6.92 Å². The molecule has 0 saturated carbocycles. The summed E-state index contributed by atoms with van der Waals surface area (Å²) in [7, 11) is 0. The molecule has 4 N–H and O–H groups in total. The summed E-state index contributed by atoms with van der Waals surface area (Å²) in [4.78, 5) is 23.1. The Hall–Kier alpha value is -2.05. The highest BCUT2D eigenvalue weighted by molar-refractivity contribution is 5.92. The van der Waals surface area contributed by atoms with E-state index < -0.39 is 18.0 Å². The van der Waals surface area contributed by atoms with Crippen LogP contribution in [-0.4, -0.2) is 33.3 Å². The lowest BCUT2D eigenvalue weighted by atomic mass is 10.2. The number of nitrogens with two attached hydrogens (primary N) is 1. The maximum absolute atomic E-state index is 11.3. The van der Waals surface area contributed by atoms with E-state index in [1.807, 2.05) is 0 Å². The predicted molar refractivity (Wildman–Crippen MR) is 57.1 cm³/mol. The predicted octanol–water partition coefficient (Wildman–Crippen LogP) is 0.466. The summed E-state index contributed by atoms with van der Waals surface area (Å²) in [5.74, 6) is -0.986. The molecule has 1 aromatic rings. The number of aromatic nitrogens is 2. The Labute approximate surface area is 92.2 Å². The van der Waals surface area contributed by atoms with Crippen LogP contribution in [0.3, 0.4) is 0 Å². The average Bonchev–Trinajstić information content (AvgIpc) is 2.50. The summed E-state index contributed by atoms with van der Waals surface area (Å²) >= 11 is 0. The number of nitrogens with zero attached hydrogens (tertiary/aromatic N) is 2. The highest BCUT2D eigenvalue weighted by Crippen LogP contribution is 2.20. The number of urea groups is 1. The standard InChI is InChI=1S/C9H14N4O3/c1-5(3-8(14)15)13(9(10)16)7-4-11-12-6(7)2/h4-5H,3H2,1-2H3,(H2,10,16)(H,11,12)(H,14,15). The van der Waals surface area contributed by atoms with Crippen molar-refractivity contribution in [2.75, 3.05) is 4.90 Å². The van der Waals surface area contributed by atoms with Gasteiger partial charge in [0.15, 0.2) is 0 Å². The minimum atomic E-state index is -0.986. The average molecular weight is 226 g/mol. The number of aromatic amines is 1. The molecule has 0 saturated heterocycles. The first-order valence-corrected chi connectivity index (χ1v) is 4.74. The number of H-pyrrole nitrogens is 1. The molecular formula is C9H14N4O3. The number of amides is 2. The number of primary amides is 1. The zero-order chi connectivity index (χ0) is 12.3. The third kappa shape index (κ3) is 2.50. The normalized spacial score (nSPS) is 12.1. The van der Waals surface area contributed by atoms with Crippen LogP contribution in [0.4, 0.5) is 10.5 Å². The monoisotopic (exact) mass is 226 g/mol. The van der Waals surface area contributed by atoms with Crippen molar-refractivity contribution >= 4 is 17.7 Å². The SMILES string of the molecule is Cc1[nH]ncc1N(C(N)=O)C(C)CC(=O)O. The van der Waals surface area contributed by atoms with Crippen LogP contribution in [0.25, 0.3) is 0 Å². The highest BCUT2D eigenvalue weighted by atomic mass is 16.4. The molecule has 7 heteroatoms. The first kappa shape index (κ1) is 12.0. The Morgan fingerprint density at radius 1 is 1.69 bits per heavy atom. The molecule has 16 heavy (non-hydrogen) atoms. The number of hydrogen-bond acceptors (Lipinski definition) is 3. The molecule has 0 fully saturated rings. The van der Waals surface area contributed by atoms with Gasteiger partial charge < -0.3 is 10.8 Å². The molecule has 2 amide bonds. The second-order valence-electron chi connectivity index (χ2n) is 3.54. The fourth-order valence-electron chi connectivity index (χ4n) is 1.50. The number of carbonyl (C=O) groups is 2. The maximum Gasteiger partial charge on any atom is 0.319 e. The minimum absolute atomic E-state index is 0.173. The van der Waals surface area contributed by atoms with Crippen LogP contribution >= 0.6 is 0 Å². The number of aryl methyl sites for hydroxylation is 1. The van der Waals surface area contributed by atoms with Gasteiger partial charge in [-0.25, -0.2) is 4.79 Å². The second-order valence-corrected chi connectivity index (χ2v) is 3.54. The van der Waals surface area contributed by atoms with E-state index in [0.717, 1.165) is 0 Å². The quantitative estimate of drug-likeness (QED) is 0.692. The van der Waals surface area contributed by atoms with Gasteiger partial charge in [0.1, 0.15) is 0 Å². The molecule has 1 atom stereocenters. The molecule has 0 radical (unpaired) electrons. The number of carboxylic acids is 1. The number of hydrogen-bond donors (Lipinski definition) is 3. The van der Waals surface area contributed by atoms with Gasteiger partial charge in [0.05, 0.1) is 24.0 Å². The zero-order valence-electron chi connectivity index (χ0n) is 9.10. The molecule has 0 aliphatic heterocycles. The van der Waals surface area contributed by atoms with E-state index in [1.165, 1.54) is 11.1 Å². The number of aliphatic carboxylic acids is 1. The maximum atomic E-state index is 11.3. The fraction of sp³-hybridized carbons (Fsp3) is 0.444. The van der Waals surface area contributed by atoms with E-state index in [1.54, 1.807) is 13.8 Å². The topological polar surface area (TPSA) is 112 Å². The third-order valence-corrected chi connectivity index (χ3v) is 2.21.